The molecule has 0 radical (unpaired) electrons. The molecule has 1 aliphatic heterocycles. The summed E-state index contributed by atoms with van der Waals surface area (Å²) in [4.78, 5) is 20.2. The van der Waals surface area contributed by atoms with Crippen LogP contribution in [-0.4, -0.2) is 34.3 Å². The molecule has 0 spiro atoms. The molecule has 1 aromatic heterocycles. The Hall–Kier alpha value is -2.74. The van der Waals surface area contributed by atoms with Gasteiger partial charge in [-0.15, -0.1) is 0 Å². The fourth-order valence-corrected chi connectivity index (χ4v) is 2.13. The van der Waals surface area contributed by atoms with E-state index in [0.29, 0.717) is 16.5 Å². The van der Waals surface area contributed by atoms with Crippen molar-refractivity contribution in [3.05, 3.63) is 29.5 Å². The number of rotatable bonds is 2. The van der Waals surface area contributed by atoms with E-state index in [-0.39, 0.29) is 30.6 Å². The van der Waals surface area contributed by atoms with Crippen molar-refractivity contribution < 1.29 is 19.4 Å². The monoisotopic (exact) mass is 322 g/mol. The molecule has 0 saturated carbocycles. The highest BCUT2D eigenvalue weighted by molar-refractivity contribution is 6.32. The van der Waals surface area contributed by atoms with Crippen molar-refractivity contribution >= 4 is 29.2 Å². The van der Waals surface area contributed by atoms with E-state index in [1.54, 1.807) is 12.1 Å². The van der Waals surface area contributed by atoms with E-state index in [4.69, 9.17) is 26.8 Å². The molecule has 0 saturated heterocycles. The van der Waals surface area contributed by atoms with Gasteiger partial charge in [-0.25, -0.2) is 9.78 Å². The first kappa shape index (κ1) is 14.2. The van der Waals surface area contributed by atoms with Gasteiger partial charge in [-0.1, -0.05) is 11.6 Å². The van der Waals surface area contributed by atoms with Gasteiger partial charge in [-0.05, 0) is 12.1 Å². The molecular weight excluding hydrogens is 312 g/mol. The first-order valence-electron chi connectivity index (χ1n) is 6.27. The molecule has 3 rings (SSSR count). The Balaban J connectivity index is 2.00. The molecule has 0 aliphatic carbocycles. The Labute approximate surface area is 130 Å². The number of carbonyl (C=O) groups is 1. The average molecular weight is 323 g/mol. The number of nitrogen functional groups attached to an aromatic ring is 1. The third kappa shape index (κ3) is 2.56. The van der Waals surface area contributed by atoms with Gasteiger partial charge in [0.1, 0.15) is 18.7 Å². The second-order valence-electron chi connectivity index (χ2n) is 4.41. The number of ether oxygens (including phenoxy) is 2. The van der Waals surface area contributed by atoms with Gasteiger partial charge in [0.2, 0.25) is 5.75 Å². The van der Waals surface area contributed by atoms with Crippen LogP contribution in [0.2, 0.25) is 5.02 Å². The van der Waals surface area contributed by atoms with Crippen LogP contribution in [0.5, 0.6) is 17.4 Å². The van der Waals surface area contributed by atoms with Crippen molar-refractivity contribution in [2.75, 3.05) is 23.8 Å². The molecule has 0 atom stereocenters. The van der Waals surface area contributed by atoms with Crippen LogP contribution in [0.1, 0.15) is 0 Å². The predicted octanol–water partition coefficient (Wildman–Crippen LogP) is 2.38. The lowest BCUT2D eigenvalue weighted by Gasteiger charge is -2.26. The van der Waals surface area contributed by atoms with E-state index in [9.17, 15) is 9.90 Å². The van der Waals surface area contributed by atoms with E-state index in [1.165, 1.54) is 12.4 Å². The number of benzene rings is 1. The number of hydrogen-bond donors (Lipinski definition) is 2. The summed E-state index contributed by atoms with van der Waals surface area (Å²) in [6.07, 6.45) is 0.0649. The molecule has 0 fully saturated rings. The van der Waals surface area contributed by atoms with Gasteiger partial charge in [-0.2, -0.15) is 4.98 Å². The molecule has 0 bridgehead atoms. The Kier molecular flexibility index (Phi) is 3.60. The van der Waals surface area contributed by atoms with Crippen LogP contribution >= 0.6 is 11.6 Å². The summed E-state index contributed by atoms with van der Waals surface area (Å²) in [6, 6.07) is 4.76. The summed E-state index contributed by atoms with van der Waals surface area (Å²) in [5.41, 5.74) is 6.16. The summed E-state index contributed by atoms with van der Waals surface area (Å²) in [7, 11) is 0. The summed E-state index contributed by atoms with van der Waals surface area (Å²) >= 11 is 6.04. The minimum atomic E-state index is -1.13. The number of aromatic nitrogens is 2. The Morgan fingerprint density at radius 2 is 2.27 bits per heavy atom. The van der Waals surface area contributed by atoms with Crippen LogP contribution in [-0.2, 0) is 0 Å². The first-order chi connectivity index (χ1) is 10.6. The number of nitrogens with zero attached hydrogens (tertiary/aromatic N) is 3. The Morgan fingerprint density at radius 3 is 3.05 bits per heavy atom. The Morgan fingerprint density at radius 1 is 1.45 bits per heavy atom. The lowest BCUT2D eigenvalue weighted by atomic mass is 10.3. The molecule has 22 heavy (non-hydrogen) atoms. The van der Waals surface area contributed by atoms with Gasteiger partial charge < -0.3 is 20.3 Å². The second-order valence-corrected chi connectivity index (χ2v) is 4.81. The number of fused-ring (bicyclic) bond motifs is 1. The molecule has 1 aliphatic rings. The zero-order chi connectivity index (χ0) is 15.7. The molecule has 0 unspecified atom stereocenters. The van der Waals surface area contributed by atoms with Gasteiger partial charge >= 0.3 is 6.09 Å². The van der Waals surface area contributed by atoms with E-state index >= 15 is 0 Å². The molecular formula is C13H11ClN4O4. The van der Waals surface area contributed by atoms with Gasteiger partial charge in [0.15, 0.2) is 5.82 Å². The minimum absolute atomic E-state index is 0.0726. The van der Waals surface area contributed by atoms with Crippen molar-refractivity contribution in [3.63, 3.8) is 0 Å². The van der Waals surface area contributed by atoms with Crippen LogP contribution in [0.15, 0.2) is 24.5 Å². The third-order valence-corrected chi connectivity index (χ3v) is 3.27. The van der Waals surface area contributed by atoms with Crippen LogP contribution in [0.25, 0.3) is 0 Å². The minimum Gasteiger partial charge on any atom is -0.483 e. The van der Waals surface area contributed by atoms with Crippen molar-refractivity contribution in [3.8, 4) is 17.4 Å². The molecule has 114 valence electrons. The molecule has 2 aromatic rings. The largest absolute Gasteiger partial charge is 0.483 e. The van der Waals surface area contributed by atoms with E-state index in [2.05, 4.69) is 9.97 Å². The zero-order valence-electron chi connectivity index (χ0n) is 11.2. The van der Waals surface area contributed by atoms with Crippen molar-refractivity contribution in [2.45, 2.75) is 0 Å². The van der Waals surface area contributed by atoms with Crippen LogP contribution in [0, 0.1) is 0 Å². The van der Waals surface area contributed by atoms with Crippen LogP contribution < -0.4 is 20.1 Å². The maximum absolute atomic E-state index is 11.2. The van der Waals surface area contributed by atoms with Gasteiger partial charge in [0.25, 0.3) is 5.88 Å². The first-order valence-corrected chi connectivity index (χ1v) is 6.65. The number of halogens is 1. The van der Waals surface area contributed by atoms with Crippen LogP contribution in [0.3, 0.4) is 0 Å². The topological polar surface area (TPSA) is 111 Å². The van der Waals surface area contributed by atoms with Gasteiger partial charge in [0, 0.05) is 11.8 Å². The fourth-order valence-electron chi connectivity index (χ4n) is 1.97. The zero-order valence-corrected chi connectivity index (χ0v) is 11.9. The summed E-state index contributed by atoms with van der Waals surface area (Å²) in [6.45, 7) is 0.353. The smallest absolute Gasteiger partial charge is 0.413 e. The number of anilines is 2. The quantitative estimate of drug-likeness (QED) is 0.816. The maximum Gasteiger partial charge on any atom is 0.413 e. The molecule has 3 N–H and O–H groups in total. The molecule has 8 nitrogen and oxygen atoms in total. The third-order valence-electron chi connectivity index (χ3n) is 2.96. The highest BCUT2D eigenvalue weighted by Gasteiger charge is 2.28. The molecule has 9 heteroatoms. The fraction of sp³-hybridized carbons (Fsp3) is 0.154. The van der Waals surface area contributed by atoms with Crippen LogP contribution in [0.4, 0.5) is 16.3 Å². The van der Waals surface area contributed by atoms with Crippen molar-refractivity contribution in [1.82, 2.24) is 9.97 Å². The average Bonchev–Trinajstić information content (AvgIpc) is 2.50. The summed E-state index contributed by atoms with van der Waals surface area (Å²) < 4.78 is 11.1. The van der Waals surface area contributed by atoms with Crippen molar-refractivity contribution in [1.29, 1.82) is 0 Å². The number of hydrogen-bond acceptors (Lipinski definition) is 6. The van der Waals surface area contributed by atoms with E-state index < -0.39 is 6.09 Å². The molecule has 1 aromatic carbocycles. The lowest BCUT2D eigenvalue weighted by Crippen LogP contribution is -2.37. The normalized spacial score (nSPS) is 13.2. The standard InChI is InChI=1S/C13H11ClN4O4/c14-8-2-1-7(15)5-9(8)22-12-10-11(16-6-17-12)18(13(19)20)3-4-21-10/h1-2,5-6H,3-4,15H2,(H,19,20). The SMILES string of the molecule is Nc1ccc(Cl)c(Oc2ncnc3c2OCCN3C(=O)O)c1. The maximum atomic E-state index is 11.2. The predicted molar refractivity (Wildman–Crippen MR) is 78.8 cm³/mol. The summed E-state index contributed by atoms with van der Waals surface area (Å²) in [5.74, 6) is 0.639. The van der Waals surface area contributed by atoms with E-state index in [1.807, 2.05) is 0 Å². The summed E-state index contributed by atoms with van der Waals surface area (Å²) in [5, 5.41) is 9.52. The highest BCUT2D eigenvalue weighted by atomic mass is 35.5. The van der Waals surface area contributed by atoms with E-state index in [0.717, 1.165) is 4.90 Å². The van der Waals surface area contributed by atoms with Gasteiger partial charge in [-0.3, -0.25) is 4.90 Å². The van der Waals surface area contributed by atoms with Gasteiger partial charge in [0.05, 0.1) is 11.6 Å². The number of carboxylic acid groups (broad SMARTS) is 1. The number of amides is 1. The Bertz CT molecular complexity index is 740. The highest BCUT2D eigenvalue weighted by Crippen LogP contribution is 2.40. The second kappa shape index (κ2) is 5.57. The molecule has 1 amide bonds. The van der Waals surface area contributed by atoms with Crippen molar-refractivity contribution in [2.24, 2.45) is 0 Å². The molecule has 2 heterocycles. The lowest BCUT2D eigenvalue weighted by molar-refractivity contribution is 0.195. The number of nitrogens with two attached hydrogens (primary N) is 1.